The number of hydrogen-bond donors (Lipinski definition) is 0. The molecule has 0 heterocycles. The van der Waals surface area contributed by atoms with Crippen LogP contribution < -0.4 is 0 Å². The lowest BCUT2D eigenvalue weighted by molar-refractivity contribution is 0.214. The van der Waals surface area contributed by atoms with Gasteiger partial charge in [0.1, 0.15) is 0 Å². The van der Waals surface area contributed by atoms with Crippen LogP contribution in [0.15, 0.2) is 12.2 Å². The average Bonchev–Trinajstić information content (AvgIpc) is 2.85. The number of nitrogens with zero attached hydrogens (tertiary/aromatic N) is 1. The summed E-state index contributed by atoms with van der Waals surface area (Å²) in [4.78, 5) is 2.56. The molecule has 17 heavy (non-hydrogen) atoms. The van der Waals surface area contributed by atoms with Crippen LogP contribution in [0.4, 0.5) is 0 Å². The summed E-state index contributed by atoms with van der Waals surface area (Å²) < 4.78 is 0. The Morgan fingerprint density at radius 3 is 2.41 bits per heavy atom. The summed E-state index contributed by atoms with van der Waals surface area (Å²) in [6.45, 7) is 14.5. The molecule has 100 valence electrons. The monoisotopic (exact) mass is 237 g/mol. The quantitative estimate of drug-likeness (QED) is 0.444. The number of allylic oxidation sites excluding steroid dienone is 1. The molecule has 0 saturated heterocycles. The molecule has 1 aliphatic rings. The van der Waals surface area contributed by atoms with Crippen LogP contribution in [0.3, 0.4) is 0 Å². The highest BCUT2D eigenvalue weighted by Gasteiger charge is 2.49. The van der Waals surface area contributed by atoms with Crippen LogP contribution >= 0.6 is 0 Å². The Kier molecular flexibility index (Phi) is 5.24. The lowest BCUT2D eigenvalue weighted by Crippen LogP contribution is -2.32. The van der Waals surface area contributed by atoms with E-state index < -0.39 is 0 Å². The second-order valence-corrected chi connectivity index (χ2v) is 6.79. The molecule has 0 aromatic rings. The first-order valence-electron chi connectivity index (χ1n) is 7.19. The van der Waals surface area contributed by atoms with Crippen molar-refractivity contribution in [1.82, 2.24) is 4.90 Å². The van der Waals surface area contributed by atoms with Gasteiger partial charge in [-0.15, -0.1) is 6.58 Å². The zero-order chi connectivity index (χ0) is 13.1. The van der Waals surface area contributed by atoms with Crippen molar-refractivity contribution in [2.24, 2.45) is 11.3 Å². The molecule has 0 aliphatic heterocycles. The van der Waals surface area contributed by atoms with E-state index in [4.69, 9.17) is 0 Å². The molecular weight excluding hydrogens is 206 g/mol. The largest absolute Gasteiger partial charge is 0.303 e. The summed E-state index contributed by atoms with van der Waals surface area (Å²) in [5, 5.41) is 0. The molecule has 2 atom stereocenters. The minimum atomic E-state index is 0.605. The molecular formula is C16H31N. The van der Waals surface area contributed by atoms with Gasteiger partial charge in [-0.3, -0.25) is 0 Å². The summed E-state index contributed by atoms with van der Waals surface area (Å²) >= 11 is 0. The highest BCUT2D eigenvalue weighted by Crippen LogP contribution is 2.54. The van der Waals surface area contributed by atoms with Crippen molar-refractivity contribution in [3.05, 3.63) is 12.2 Å². The van der Waals surface area contributed by atoms with E-state index in [1.807, 2.05) is 0 Å². The zero-order valence-corrected chi connectivity index (χ0v) is 12.6. The van der Waals surface area contributed by atoms with E-state index in [9.17, 15) is 0 Å². The number of rotatable bonds is 8. The molecule has 1 rings (SSSR count). The molecule has 0 aromatic heterocycles. The van der Waals surface area contributed by atoms with Gasteiger partial charge in [0.15, 0.2) is 0 Å². The van der Waals surface area contributed by atoms with Crippen LogP contribution in [0, 0.1) is 11.3 Å². The van der Waals surface area contributed by atoms with Gasteiger partial charge in [0.25, 0.3) is 0 Å². The highest BCUT2D eigenvalue weighted by atomic mass is 15.1. The van der Waals surface area contributed by atoms with Gasteiger partial charge in [-0.2, -0.15) is 0 Å². The normalized spacial score (nSPS) is 23.8. The van der Waals surface area contributed by atoms with Crippen molar-refractivity contribution in [3.63, 3.8) is 0 Å². The first-order valence-corrected chi connectivity index (χ1v) is 7.19. The standard InChI is InChI=1S/C16H31N/c1-13(2)10-8-7-9-11-17(6)14(3)15-12-16(15,4)5/h14-15H,1,7-12H2,2-6H3. The Morgan fingerprint density at radius 1 is 1.35 bits per heavy atom. The van der Waals surface area contributed by atoms with Crippen LogP contribution in [0.2, 0.25) is 0 Å². The summed E-state index contributed by atoms with van der Waals surface area (Å²) in [6, 6.07) is 0.756. The van der Waals surface area contributed by atoms with Gasteiger partial charge in [0, 0.05) is 6.04 Å². The number of unbranched alkanes of at least 4 members (excludes halogenated alkanes) is 2. The van der Waals surface area contributed by atoms with Crippen LogP contribution in [0.25, 0.3) is 0 Å². The maximum Gasteiger partial charge on any atom is 0.00974 e. The smallest absolute Gasteiger partial charge is 0.00974 e. The highest BCUT2D eigenvalue weighted by molar-refractivity contribution is 5.00. The fourth-order valence-electron chi connectivity index (χ4n) is 2.81. The van der Waals surface area contributed by atoms with Crippen LogP contribution in [-0.2, 0) is 0 Å². The summed E-state index contributed by atoms with van der Waals surface area (Å²) in [6.07, 6.45) is 6.61. The minimum Gasteiger partial charge on any atom is -0.303 e. The molecule has 1 saturated carbocycles. The summed E-state index contributed by atoms with van der Waals surface area (Å²) in [7, 11) is 2.29. The lowest BCUT2D eigenvalue weighted by Gasteiger charge is -2.26. The fourth-order valence-corrected chi connectivity index (χ4v) is 2.81. The van der Waals surface area contributed by atoms with E-state index in [1.54, 1.807) is 0 Å². The van der Waals surface area contributed by atoms with E-state index >= 15 is 0 Å². The van der Waals surface area contributed by atoms with Gasteiger partial charge in [0.2, 0.25) is 0 Å². The van der Waals surface area contributed by atoms with Crippen LogP contribution in [0.5, 0.6) is 0 Å². The first-order chi connectivity index (χ1) is 7.84. The molecule has 0 aromatic carbocycles. The Bertz CT molecular complexity index is 254. The first kappa shape index (κ1) is 14.8. The van der Waals surface area contributed by atoms with Crippen molar-refractivity contribution >= 4 is 0 Å². The van der Waals surface area contributed by atoms with Gasteiger partial charge in [-0.05, 0) is 64.5 Å². The third-order valence-corrected chi connectivity index (χ3v) is 4.48. The number of hydrogen-bond acceptors (Lipinski definition) is 1. The van der Waals surface area contributed by atoms with Gasteiger partial charge in [0.05, 0.1) is 0 Å². The molecule has 2 unspecified atom stereocenters. The van der Waals surface area contributed by atoms with Crippen molar-refractivity contribution in [3.8, 4) is 0 Å². The molecule has 0 bridgehead atoms. The van der Waals surface area contributed by atoms with E-state index in [0.717, 1.165) is 12.0 Å². The average molecular weight is 237 g/mol. The van der Waals surface area contributed by atoms with Gasteiger partial charge >= 0.3 is 0 Å². The Labute approximate surface area is 108 Å². The van der Waals surface area contributed by atoms with E-state index in [0.29, 0.717) is 5.41 Å². The Hall–Kier alpha value is -0.300. The molecule has 0 radical (unpaired) electrons. The second kappa shape index (κ2) is 6.04. The second-order valence-electron chi connectivity index (χ2n) is 6.79. The van der Waals surface area contributed by atoms with E-state index in [-0.39, 0.29) is 0 Å². The molecule has 0 amide bonds. The molecule has 1 nitrogen and oxygen atoms in total. The van der Waals surface area contributed by atoms with Crippen molar-refractivity contribution in [2.75, 3.05) is 13.6 Å². The SMILES string of the molecule is C=C(C)CCCCCN(C)C(C)C1CC1(C)C. The van der Waals surface area contributed by atoms with Crippen molar-refractivity contribution < 1.29 is 0 Å². The van der Waals surface area contributed by atoms with Gasteiger partial charge < -0.3 is 4.90 Å². The fraction of sp³-hybridized carbons (Fsp3) is 0.875. The van der Waals surface area contributed by atoms with Crippen LogP contribution in [-0.4, -0.2) is 24.5 Å². The van der Waals surface area contributed by atoms with Crippen LogP contribution in [0.1, 0.15) is 59.8 Å². The Morgan fingerprint density at radius 2 is 1.94 bits per heavy atom. The van der Waals surface area contributed by atoms with Gasteiger partial charge in [-0.1, -0.05) is 25.8 Å². The summed E-state index contributed by atoms with van der Waals surface area (Å²) in [5.74, 6) is 0.919. The molecule has 1 fully saturated rings. The molecule has 1 heteroatoms. The lowest BCUT2D eigenvalue weighted by atomic mass is 10.0. The molecule has 1 aliphatic carbocycles. The maximum absolute atomic E-state index is 3.95. The summed E-state index contributed by atoms with van der Waals surface area (Å²) in [5.41, 5.74) is 1.93. The third-order valence-electron chi connectivity index (χ3n) is 4.48. The molecule has 0 spiro atoms. The van der Waals surface area contributed by atoms with E-state index in [2.05, 4.69) is 46.2 Å². The zero-order valence-electron chi connectivity index (χ0n) is 12.6. The predicted molar refractivity (Wildman–Crippen MR) is 77.3 cm³/mol. The maximum atomic E-state index is 3.95. The topological polar surface area (TPSA) is 3.24 Å². The third kappa shape index (κ3) is 4.83. The van der Waals surface area contributed by atoms with Crippen molar-refractivity contribution in [2.45, 2.75) is 65.8 Å². The predicted octanol–water partition coefficient (Wildman–Crippen LogP) is 4.49. The van der Waals surface area contributed by atoms with Gasteiger partial charge in [-0.25, -0.2) is 0 Å². The van der Waals surface area contributed by atoms with Crippen molar-refractivity contribution in [1.29, 1.82) is 0 Å². The minimum absolute atomic E-state index is 0.605. The molecule has 0 N–H and O–H groups in total. The Balaban J connectivity index is 2.09. The van der Waals surface area contributed by atoms with E-state index in [1.165, 1.54) is 44.2 Å².